The topological polar surface area (TPSA) is 64.8 Å². The SMILES string of the molecule is CN(C)CCCNc1ncc(-c2ccccn2)c2c(C#N)cccc12. The van der Waals surface area contributed by atoms with Gasteiger partial charge >= 0.3 is 0 Å². The summed E-state index contributed by atoms with van der Waals surface area (Å²) >= 11 is 0. The van der Waals surface area contributed by atoms with Crippen molar-refractivity contribution in [1.82, 2.24) is 14.9 Å². The molecule has 0 atom stereocenters. The molecule has 25 heavy (non-hydrogen) atoms. The van der Waals surface area contributed by atoms with Gasteiger partial charge in [0.2, 0.25) is 0 Å². The lowest BCUT2D eigenvalue weighted by Gasteiger charge is -2.14. The van der Waals surface area contributed by atoms with Crippen LogP contribution < -0.4 is 5.32 Å². The van der Waals surface area contributed by atoms with Gasteiger partial charge in [0.05, 0.1) is 17.3 Å². The van der Waals surface area contributed by atoms with Gasteiger partial charge in [-0.1, -0.05) is 18.2 Å². The van der Waals surface area contributed by atoms with E-state index in [1.54, 1.807) is 12.4 Å². The van der Waals surface area contributed by atoms with Crippen LogP contribution >= 0.6 is 0 Å². The van der Waals surface area contributed by atoms with Gasteiger partial charge in [0, 0.05) is 35.3 Å². The van der Waals surface area contributed by atoms with Crippen LogP contribution in [0.25, 0.3) is 22.0 Å². The van der Waals surface area contributed by atoms with E-state index >= 15 is 0 Å². The lowest BCUT2D eigenvalue weighted by Crippen LogP contribution is -2.16. The number of hydrogen-bond donors (Lipinski definition) is 1. The van der Waals surface area contributed by atoms with Gasteiger partial charge in [0.25, 0.3) is 0 Å². The molecule has 2 heterocycles. The molecule has 0 fully saturated rings. The zero-order valence-electron chi connectivity index (χ0n) is 14.5. The zero-order valence-corrected chi connectivity index (χ0v) is 14.5. The van der Waals surface area contributed by atoms with Crippen molar-refractivity contribution in [3.05, 3.63) is 54.4 Å². The van der Waals surface area contributed by atoms with Crippen molar-refractivity contribution < 1.29 is 0 Å². The molecule has 5 nitrogen and oxygen atoms in total. The minimum Gasteiger partial charge on any atom is -0.370 e. The molecule has 126 valence electrons. The Morgan fingerprint density at radius 2 is 2.00 bits per heavy atom. The second-order valence-corrected chi connectivity index (χ2v) is 6.16. The minimum absolute atomic E-state index is 0.636. The van der Waals surface area contributed by atoms with E-state index in [1.165, 1.54) is 0 Å². The summed E-state index contributed by atoms with van der Waals surface area (Å²) in [5.41, 5.74) is 2.34. The molecule has 3 aromatic rings. The number of nitrogens with one attached hydrogen (secondary N) is 1. The Morgan fingerprint density at radius 1 is 1.12 bits per heavy atom. The summed E-state index contributed by atoms with van der Waals surface area (Å²) in [5.74, 6) is 0.811. The lowest BCUT2D eigenvalue weighted by atomic mass is 9.99. The van der Waals surface area contributed by atoms with Crippen molar-refractivity contribution in [2.24, 2.45) is 0 Å². The van der Waals surface area contributed by atoms with Gasteiger partial charge in [0.15, 0.2) is 0 Å². The van der Waals surface area contributed by atoms with E-state index in [-0.39, 0.29) is 0 Å². The maximum Gasteiger partial charge on any atom is 0.133 e. The van der Waals surface area contributed by atoms with E-state index in [1.807, 2.05) is 36.4 Å². The lowest BCUT2D eigenvalue weighted by molar-refractivity contribution is 0.405. The first-order valence-electron chi connectivity index (χ1n) is 8.32. The number of aromatic nitrogens is 2. The summed E-state index contributed by atoms with van der Waals surface area (Å²) in [7, 11) is 4.13. The molecule has 0 aliphatic heterocycles. The number of fused-ring (bicyclic) bond motifs is 1. The molecule has 0 bridgehead atoms. The van der Waals surface area contributed by atoms with Crippen molar-refractivity contribution in [2.45, 2.75) is 6.42 Å². The second kappa shape index (κ2) is 7.73. The van der Waals surface area contributed by atoms with E-state index in [0.717, 1.165) is 47.4 Å². The zero-order chi connectivity index (χ0) is 17.6. The first-order valence-corrected chi connectivity index (χ1v) is 8.32. The third-order valence-electron chi connectivity index (χ3n) is 4.05. The van der Waals surface area contributed by atoms with Crippen LogP contribution in [-0.2, 0) is 0 Å². The highest BCUT2D eigenvalue weighted by molar-refractivity contribution is 6.04. The molecular weight excluding hydrogens is 310 g/mol. The first kappa shape index (κ1) is 16.9. The Bertz CT molecular complexity index is 897. The summed E-state index contributed by atoms with van der Waals surface area (Å²) < 4.78 is 0. The summed E-state index contributed by atoms with van der Waals surface area (Å²) in [6.07, 6.45) is 4.58. The van der Waals surface area contributed by atoms with Crippen LogP contribution in [0.15, 0.2) is 48.8 Å². The monoisotopic (exact) mass is 331 g/mol. The first-order chi connectivity index (χ1) is 12.2. The minimum atomic E-state index is 0.636. The molecule has 0 radical (unpaired) electrons. The average molecular weight is 331 g/mol. The molecule has 0 aliphatic carbocycles. The second-order valence-electron chi connectivity index (χ2n) is 6.16. The van der Waals surface area contributed by atoms with Crippen LogP contribution in [0.5, 0.6) is 0 Å². The molecule has 0 spiro atoms. The van der Waals surface area contributed by atoms with Gasteiger partial charge in [-0.3, -0.25) is 4.98 Å². The van der Waals surface area contributed by atoms with Crippen molar-refractivity contribution in [3.8, 4) is 17.3 Å². The number of nitriles is 1. The van der Waals surface area contributed by atoms with E-state index < -0.39 is 0 Å². The standard InChI is InChI=1S/C20H21N5/c1-25(2)12-6-11-23-20-16-8-5-7-15(13-21)19(16)17(14-24-20)18-9-3-4-10-22-18/h3-5,7-10,14H,6,11-12H2,1-2H3,(H,23,24). The summed E-state index contributed by atoms with van der Waals surface area (Å²) in [6.45, 7) is 1.85. The largest absolute Gasteiger partial charge is 0.370 e. The maximum atomic E-state index is 9.56. The van der Waals surface area contributed by atoms with Gasteiger partial charge in [0.1, 0.15) is 5.82 Å². The van der Waals surface area contributed by atoms with Crippen LogP contribution in [0.4, 0.5) is 5.82 Å². The molecule has 3 rings (SSSR count). The van der Waals surface area contributed by atoms with Crippen molar-refractivity contribution in [1.29, 1.82) is 5.26 Å². The number of anilines is 1. The predicted octanol–water partition coefficient (Wildman–Crippen LogP) is 3.53. The molecule has 0 aliphatic rings. The van der Waals surface area contributed by atoms with Gasteiger partial charge in [-0.05, 0) is 45.3 Å². The summed E-state index contributed by atoms with van der Waals surface area (Å²) in [5, 5.41) is 14.8. The predicted molar refractivity (Wildman–Crippen MR) is 101 cm³/mol. The molecular formula is C20H21N5. The number of pyridine rings is 2. The molecule has 0 amide bonds. The fourth-order valence-corrected chi connectivity index (χ4v) is 2.86. The van der Waals surface area contributed by atoms with E-state index in [9.17, 15) is 5.26 Å². The molecule has 5 heteroatoms. The Balaban J connectivity index is 2.03. The highest BCUT2D eigenvalue weighted by Gasteiger charge is 2.13. The van der Waals surface area contributed by atoms with Gasteiger partial charge in [-0.25, -0.2) is 4.98 Å². The number of nitrogens with zero attached hydrogens (tertiary/aromatic N) is 4. The highest BCUT2D eigenvalue weighted by Crippen LogP contribution is 2.32. The Morgan fingerprint density at radius 3 is 2.72 bits per heavy atom. The quantitative estimate of drug-likeness (QED) is 0.700. The van der Waals surface area contributed by atoms with Crippen LogP contribution in [0.2, 0.25) is 0 Å². The molecule has 2 aromatic heterocycles. The Labute approximate surface area is 148 Å². The fraction of sp³-hybridized carbons (Fsp3) is 0.250. The fourth-order valence-electron chi connectivity index (χ4n) is 2.86. The summed E-state index contributed by atoms with van der Waals surface area (Å²) in [4.78, 5) is 11.2. The van der Waals surface area contributed by atoms with Crippen molar-refractivity contribution >= 4 is 16.6 Å². The van der Waals surface area contributed by atoms with Gasteiger partial charge in [-0.15, -0.1) is 0 Å². The summed E-state index contributed by atoms with van der Waals surface area (Å²) in [6, 6.07) is 13.8. The molecule has 0 unspecified atom stereocenters. The molecule has 0 saturated carbocycles. The number of hydrogen-bond acceptors (Lipinski definition) is 5. The maximum absolute atomic E-state index is 9.56. The van der Waals surface area contributed by atoms with Crippen molar-refractivity contribution in [3.63, 3.8) is 0 Å². The van der Waals surface area contributed by atoms with Gasteiger partial charge in [-0.2, -0.15) is 5.26 Å². The third-order valence-corrected chi connectivity index (χ3v) is 4.05. The molecule has 0 saturated heterocycles. The third kappa shape index (κ3) is 3.76. The van der Waals surface area contributed by atoms with E-state index in [4.69, 9.17) is 0 Å². The van der Waals surface area contributed by atoms with Crippen molar-refractivity contribution in [2.75, 3.05) is 32.5 Å². The Hall–Kier alpha value is -2.97. The highest BCUT2D eigenvalue weighted by atomic mass is 15.1. The Kier molecular flexibility index (Phi) is 5.22. The van der Waals surface area contributed by atoms with Crippen LogP contribution in [0.3, 0.4) is 0 Å². The molecule has 1 aromatic carbocycles. The van der Waals surface area contributed by atoms with Crippen LogP contribution in [0, 0.1) is 11.3 Å². The van der Waals surface area contributed by atoms with E-state index in [0.29, 0.717) is 5.56 Å². The van der Waals surface area contributed by atoms with E-state index in [2.05, 4.69) is 40.3 Å². The average Bonchev–Trinajstić information content (AvgIpc) is 2.65. The van der Waals surface area contributed by atoms with Gasteiger partial charge < -0.3 is 10.2 Å². The number of benzene rings is 1. The normalized spacial score (nSPS) is 10.8. The van der Waals surface area contributed by atoms with Crippen LogP contribution in [0.1, 0.15) is 12.0 Å². The smallest absolute Gasteiger partial charge is 0.133 e. The molecule has 1 N–H and O–H groups in total. The number of rotatable bonds is 6. The van der Waals surface area contributed by atoms with Crippen LogP contribution in [-0.4, -0.2) is 42.1 Å².